The molecule has 3 atom stereocenters. The SMILES string of the molecule is CC(C)C(C(=O)N1C[C@H](O)C[C@H]1C(=O)O)c1cc(N2CCC(CN3CCC(OC4CC(OCC#Cc5cn6cc(-c7ccccc7O)nc6nc5N)C4)CC3)CC2)no1. The first-order valence-electron chi connectivity index (χ1n) is 20.8. The highest BCUT2D eigenvalue weighted by Crippen LogP contribution is 2.35. The molecule has 6 heterocycles. The molecule has 1 aromatic carbocycles. The van der Waals surface area contributed by atoms with Crippen LogP contribution in [0.4, 0.5) is 11.6 Å². The zero-order valence-electron chi connectivity index (χ0n) is 33.7. The zero-order valence-corrected chi connectivity index (χ0v) is 33.7. The normalized spacial score (nSPS) is 23.7. The van der Waals surface area contributed by atoms with Crippen molar-refractivity contribution in [3.8, 4) is 28.8 Å². The smallest absolute Gasteiger partial charge is 0.326 e. The summed E-state index contributed by atoms with van der Waals surface area (Å²) in [5.74, 6) is 6.46. The molecule has 314 valence electrons. The van der Waals surface area contributed by atoms with Gasteiger partial charge >= 0.3 is 5.97 Å². The lowest BCUT2D eigenvalue weighted by Crippen LogP contribution is -2.45. The third-order valence-corrected chi connectivity index (χ3v) is 12.3. The number of carbonyl (C=O) groups excluding carboxylic acids is 1. The number of rotatable bonds is 12. The van der Waals surface area contributed by atoms with Gasteiger partial charge in [-0.25, -0.2) is 9.78 Å². The van der Waals surface area contributed by atoms with Crippen molar-refractivity contribution in [1.82, 2.24) is 29.3 Å². The molecule has 16 nitrogen and oxygen atoms in total. The van der Waals surface area contributed by atoms with Crippen molar-refractivity contribution >= 4 is 29.3 Å². The number of phenolic OH excluding ortho intramolecular Hbond substituents is 1. The molecule has 5 N–H and O–H groups in total. The van der Waals surface area contributed by atoms with Crippen LogP contribution in [0.25, 0.3) is 17.0 Å². The van der Waals surface area contributed by atoms with Gasteiger partial charge in [-0.05, 0) is 49.7 Å². The lowest BCUT2D eigenvalue weighted by atomic mass is 9.91. The van der Waals surface area contributed by atoms with E-state index in [1.54, 1.807) is 35.0 Å². The molecule has 0 radical (unpaired) electrons. The summed E-state index contributed by atoms with van der Waals surface area (Å²) in [6.45, 7) is 8.93. The van der Waals surface area contributed by atoms with Crippen LogP contribution < -0.4 is 10.6 Å². The standard InChI is InChI=1S/C43H54N8O8/c1-26(2)39(41(54)51-24-29(52)18-35(51)42(55)56)37-21-38(47-59-37)49-15-9-27(10-16-49)22-48-13-11-30(12-14-48)58-32-19-31(20-32)57-17-5-6-28-23-50-25-34(45-43(50)46-40(28)44)33-7-3-4-8-36(33)53/h3-4,7-8,21,23,25-27,29-32,35,39,52-53H,9-20,22,24H2,1-2H3,(H,55,56)(H2,44,45,46)/t29-,31?,32?,35+,39?/m1/s1. The van der Waals surface area contributed by atoms with Gasteiger partial charge in [0.25, 0.3) is 0 Å². The van der Waals surface area contributed by atoms with Gasteiger partial charge < -0.3 is 49.7 Å². The maximum atomic E-state index is 13.5. The van der Waals surface area contributed by atoms with Crippen molar-refractivity contribution in [3.63, 3.8) is 0 Å². The predicted octanol–water partition coefficient (Wildman–Crippen LogP) is 3.75. The summed E-state index contributed by atoms with van der Waals surface area (Å²) in [4.78, 5) is 40.2. The quantitative estimate of drug-likeness (QED) is 0.151. The number of aliphatic hydroxyl groups excluding tert-OH is 1. The fourth-order valence-corrected chi connectivity index (χ4v) is 8.90. The van der Waals surface area contributed by atoms with E-state index < -0.39 is 24.0 Å². The third-order valence-electron chi connectivity index (χ3n) is 12.3. The van der Waals surface area contributed by atoms with E-state index in [-0.39, 0.29) is 48.9 Å². The predicted molar refractivity (Wildman–Crippen MR) is 217 cm³/mol. The van der Waals surface area contributed by atoms with Crippen molar-refractivity contribution in [1.29, 1.82) is 0 Å². The number of β-amino-alcohol motifs (C(OH)–C–C–N with tert-alkyl or cyclic N) is 1. The number of nitrogen functional groups attached to an aromatic ring is 1. The molecule has 1 aliphatic carbocycles. The van der Waals surface area contributed by atoms with Crippen LogP contribution in [0.2, 0.25) is 0 Å². The van der Waals surface area contributed by atoms with E-state index >= 15 is 0 Å². The number of aromatic nitrogens is 4. The molecule has 0 spiro atoms. The van der Waals surface area contributed by atoms with Gasteiger partial charge in [-0.1, -0.05) is 43.0 Å². The number of phenols is 1. The first kappa shape index (κ1) is 40.6. The maximum Gasteiger partial charge on any atom is 0.326 e. The average Bonchev–Trinajstić information content (AvgIpc) is 3.95. The zero-order chi connectivity index (χ0) is 41.2. The number of hydrogen-bond donors (Lipinski definition) is 4. The molecular formula is C43H54N8O8. The molecule has 4 aromatic rings. The van der Waals surface area contributed by atoms with Gasteiger partial charge in [0.2, 0.25) is 11.7 Å². The largest absolute Gasteiger partial charge is 0.507 e. The van der Waals surface area contributed by atoms with E-state index in [9.17, 15) is 24.9 Å². The molecule has 3 saturated heterocycles. The number of aliphatic carboxylic acids is 1. The van der Waals surface area contributed by atoms with Gasteiger partial charge in [-0.3, -0.25) is 9.20 Å². The minimum Gasteiger partial charge on any atom is -0.507 e. The van der Waals surface area contributed by atoms with E-state index in [1.165, 1.54) is 4.90 Å². The van der Waals surface area contributed by atoms with Crippen LogP contribution in [0.15, 0.2) is 47.2 Å². The van der Waals surface area contributed by atoms with Gasteiger partial charge in [0, 0.05) is 82.6 Å². The molecular weight excluding hydrogens is 757 g/mol. The molecule has 1 saturated carbocycles. The summed E-state index contributed by atoms with van der Waals surface area (Å²) >= 11 is 0. The highest BCUT2D eigenvalue weighted by Gasteiger charge is 2.43. The highest BCUT2D eigenvalue weighted by atomic mass is 16.5. The van der Waals surface area contributed by atoms with Crippen LogP contribution in [0.3, 0.4) is 0 Å². The topological polar surface area (TPSA) is 205 Å². The number of fused-ring (bicyclic) bond motifs is 1. The number of amides is 1. The Morgan fingerprint density at radius 3 is 2.49 bits per heavy atom. The number of ether oxygens (including phenoxy) is 2. The minimum absolute atomic E-state index is 0.00182. The Kier molecular flexibility index (Phi) is 12.1. The number of anilines is 2. The number of benzene rings is 1. The first-order chi connectivity index (χ1) is 28.5. The van der Waals surface area contributed by atoms with E-state index in [4.69, 9.17) is 19.7 Å². The van der Waals surface area contributed by atoms with E-state index in [0.717, 1.165) is 71.2 Å². The molecule has 3 aromatic heterocycles. The number of nitrogens with two attached hydrogens (primary N) is 1. The van der Waals surface area contributed by atoms with Crippen molar-refractivity contribution < 1.29 is 38.9 Å². The van der Waals surface area contributed by atoms with Crippen LogP contribution in [-0.4, -0.2) is 133 Å². The lowest BCUT2D eigenvalue weighted by Gasteiger charge is -2.41. The first-order valence-corrected chi connectivity index (χ1v) is 20.8. The summed E-state index contributed by atoms with van der Waals surface area (Å²) in [7, 11) is 0. The number of carboxylic acid groups (broad SMARTS) is 1. The summed E-state index contributed by atoms with van der Waals surface area (Å²) in [5, 5.41) is 34.2. The van der Waals surface area contributed by atoms with Crippen LogP contribution in [0.5, 0.6) is 5.75 Å². The van der Waals surface area contributed by atoms with Crippen molar-refractivity contribution in [2.45, 2.75) is 95.2 Å². The third kappa shape index (κ3) is 9.18. The summed E-state index contributed by atoms with van der Waals surface area (Å²) in [6.07, 6.45) is 9.25. The number of aliphatic hydroxyl groups is 1. The van der Waals surface area contributed by atoms with Crippen molar-refractivity contribution in [3.05, 3.63) is 54.0 Å². The number of hydrogen-bond acceptors (Lipinski definition) is 13. The molecule has 3 aliphatic heterocycles. The molecule has 4 aliphatic rings. The number of aromatic hydroxyl groups is 1. The number of para-hydroxylation sites is 1. The molecule has 0 bridgehead atoms. The monoisotopic (exact) mass is 810 g/mol. The summed E-state index contributed by atoms with van der Waals surface area (Å²) in [6, 6.07) is 7.81. The minimum atomic E-state index is -1.11. The van der Waals surface area contributed by atoms with Crippen LogP contribution >= 0.6 is 0 Å². The maximum absolute atomic E-state index is 13.5. The number of imidazole rings is 1. The van der Waals surface area contributed by atoms with E-state index in [2.05, 4.69) is 36.8 Å². The highest BCUT2D eigenvalue weighted by molar-refractivity contribution is 5.88. The number of likely N-dealkylation sites (tertiary alicyclic amines) is 2. The fourth-order valence-electron chi connectivity index (χ4n) is 8.90. The molecule has 4 fully saturated rings. The summed E-state index contributed by atoms with van der Waals surface area (Å²) < 4.78 is 19.9. The average molecular weight is 811 g/mol. The van der Waals surface area contributed by atoms with Crippen LogP contribution in [0, 0.1) is 23.7 Å². The number of nitrogens with zero attached hydrogens (tertiary/aromatic N) is 7. The van der Waals surface area contributed by atoms with Gasteiger partial charge in [0.1, 0.15) is 30.1 Å². The van der Waals surface area contributed by atoms with Gasteiger partial charge in [-0.2, -0.15) is 4.98 Å². The Bertz CT molecular complexity index is 2170. The van der Waals surface area contributed by atoms with Crippen LogP contribution in [-0.2, 0) is 19.1 Å². The second kappa shape index (κ2) is 17.6. The van der Waals surface area contributed by atoms with Crippen molar-refractivity contribution in [2.24, 2.45) is 11.8 Å². The number of carboxylic acids is 1. The van der Waals surface area contributed by atoms with Crippen molar-refractivity contribution in [2.75, 3.05) is 56.5 Å². The van der Waals surface area contributed by atoms with E-state index in [1.807, 2.05) is 26.0 Å². The molecule has 16 heteroatoms. The Balaban J connectivity index is 0.724. The Hall–Kier alpha value is -5.21. The summed E-state index contributed by atoms with van der Waals surface area (Å²) in [5.41, 5.74) is 7.97. The molecule has 8 rings (SSSR count). The second-order valence-corrected chi connectivity index (χ2v) is 16.8. The fraction of sp³-hybridized carbons (Fsp3) is 0.558. The van der Waals surface area contributed by atoms with Gasteiger partial charge in [0.05, 0.1) is 35.7 Å². The van der Waals surface area contributed by atoms with Gasteiger partial charge in [-0.15, -0.1) is 0 Å². The Labute approximate surface area is 343 Å². The van der Waals surface area contributed by atoms with Gasteiger partial charge in [0.15, 0.2) is 11.6 Å². The molecule has 1 unspecified atom stereocenters. The Morgan fingerprint density at radius 1 is 1.00 bits per heavy atom. The number of piperidine rings is 2. The Morgan fingerprint density at radius 2 is 1.76 bits per heavy atom. The lowest BCUT2D eigenvalue weighted by molar-refractivity contribution is -0.149. The van der Waals surface area contributed by atoms with Crippen LogP contribution in [0.1, 0.15) is 76.0 Å². The van der Waals surface area contributed by atoms with E-state index in [0.29, 0.717) is 52.5 Å². The number of carbonyl (C=O) groups is 2. The second-order valence-electron chi connectivity index (χ2n) is 16.8. The molecule has 59 heavy (non-hydrogen) atoms. The molecule has 1 amide bonds.